The van der Waals surface area contributed by atoms with E-state index in [1.54, 1.807) is 14.2 Å². The van der Waals surface area contributed by atoms with E-state index in [4.69, 9.17) is 9.47 Å². The van der Waals surface area contributed by atoms with Crippen molar-refractivity contribution in [1.82, 2.24) is 15.1 Å². The van der Waals surface area contributed by atoms with E-state index < -0.39 is 0 Å². The number of rotatable bonds is 7. The monoisotopic (exact) mass is 361 g/mol. The van der Waals surface area contributed by atoms with Crippen LogP contribution in [-0.2, 0) is 6.42 Å². The molecule has 2 fully saturated rings. The highest BCUT2D eigenvalue weighted by atomic mass is 16.5. The van der Waals surface area contributed by atoms with E-state index in [0.29, 0.717) is 6.54 Å². The van der Waals surface area contributed by atoms with Crippen LogP contribution < -0.4 is 14.8 Å². The van der Waals surface area contributed by atoms with Gasteiger partial charge in [0.25, 0.3) is 0 Å². The summed E-state index contributed by atoms with van der Waals surface area (Å²) in [5.74, 6) is 2.34. The fourth-order valence-corrected chi connectivity index (χ4v) is 3.64. The molecular formula is C20H31N3O3. The van der Waals surface area contributed by atoms with E-state index in [-0.39, 0.29) is 6.03 Å². The fourth-order valence-electron chi connectivity index (χ4n) is 3.64. The topological polar surface area (TPSA) is 54.0 Å². The summed E-state index contributed by atoms with van der Waals surface area (Å²) in [7, 11) is 3.26. The summed E-state index contributed by atoms with van der Waals surface area (Å²) >= 11 is 0. The van der Waals surface area contributed by atoms with Crippen molar-refractivity contribution in [2.45, 2.75) is 25.7 Å². The van der Waals surface area contributed by atoms with Gasteiger partial charge >= 0.3 is 6.03 Å². The van der Waals surface area contributed by atoms with Gasteiger partial charge in [-0.25, -0.2) is 4.79 Å². The van der Waals surface area contributed by atoms with E-state index in [1.807, 2.05) is 23.1 Å². The van der Waals surface area contributed by atoms with Crippen LogP contribution in [0.5, 0.6) is 11.5 Å². The van der Waals surface area contributed by atoms with Crippen LogP contribution >= 0.6 is 0 Å². The Labute approximate surface area is 156 Å². The molecule has 0 spiro atoms. The summed E-state index contributed by atoms with van der Waals surface area (Å²) in [5.41, 5.74) is 1.12. The quantitative estimate of drug-likeness (QED) is 0.810. The van der Waals surface area contributed by atoms with Gasteiger partial charge in [0, 0.05) is 39.3 Å². The van der Waals surface area contributed by atoms with Crippen molar-refractivity contribution >= 4 is 6.03 Å². The third-order valence-corrected chi connectivity index (χ3v) is 5.54. The number of urea groups is 1. The summed E-state index contributed by atoms with van der Waals surface area (Å²) in [5, 5.41) is 3.04. The summed E-state index contributed by atoms with van der Waals surface area (Å²) in [6, 6.07) is 5.92. The second-order valence-electron chi connectivity index (χ2n) is 7.26. The van der Waals surface area contributed by atoms with Crippen molar-refractivity contribution in [3.8, 4) is 11.5 Å². The van der Waals surface area contributed by atoms with Crippen molar-refractivity contribution in [1.29, 1.82) is 0 Å². The number of nitrogens with one attached hydrogen (secondary N) is 1. The molecule has 3 rings (SSSR count). The lowest BCUT2D eigenvalue weighted by atomic mass is 9.85. The highest BCUT2D eigenvalue weighted by molar-refractivity contribution is 5.74. The van der Waals surface area contributed by atoms with Crippen molar-refractivity contribution in [2.24, 2.45) is 5.92 Å². The van der Waals surface area contributed by atoms with Crippen LogP contribution in [0.3, 0.4) is 0 Å². The summed E-state index contributed by atoms with van der Waals surface area (Å²) < 4.78 is 10.6. The first kappa shape index (κ1) is 18.8. The van der Waals surface area contributed by atoms with Gasteiger partial charge in [0.1, 0.15) is 0 Å². The Kier molecular flexibility index (Phi) is 6.61. The van der Waals surface area contributed by atoms with Gasteiger partial charge in [-0.1, -0.05) is 12.5 Å². The van der Waals surface area contributed by atoms with Gasteiger partial charge in [-0.15, -0.1) is 0 Å². The van der Waals surface area contributed by atoms with Gasteiger partial charge in [-0.3, -0.25) is 4.90 Å². The van der Waals surface area contributed by atoms with Crippen molar-refractivity contribution in [3.63, 3.8) is 0 Å². The lowest BCUT2D eigenvalue weighted by Gasteiger charge is -2.38. The number of carbonyl (C=O) groups excluding carboxylic acids is 1. The highest BCUT2D eigenvalue weighted by Crippen LogP contribution is 2.28. The number of amides is 2. The molecule has 1 saturated carbocycles. The smallest absolute Gasteiger partial charge is 0.317 e. The van der Waals surface area contributed by atoms with Gasteiger partial charge in [0.15, 0.2) is 11.5 Å². The molecule has 26 heavy (non-hydrogen) atoms. The van der Waals surface area contributed by atoms with Gasteiger partial charge < -0.3 is 19.7 Å². The molecule has 0 radical (unpaired) electrons. The number of hydrogen-bond acceptors (Lipinski definition) is 4. The third kappa shape index (κ3) is 4.81. The maximum Gasteiger partial charge on any atom is 0.317 e. The first-order chi connectivity index (χ1) is 12.7. The van der Waals surface area contributed by atoms with Crippen LogP contribution in [0.4, 0.5) is 4.79 Å². The Balaban J connectivity index is 1.37. The zero-order valence-electron chi connectivity index (χ0n) is 16.0. The molecule has 0 unspecified atom stereocenters. The number of piperazine rings is 1. The first-order valence-electron chi connectivity index (χ1n) is 9.65. The molecule has 0 atom stereocenters. The number of carbonyl (C=O) groups is 1. The molecule has 1 aromatic carbocycles. The summed E-state index contributed by atoms with van der Waals surface area (Å²) in [4.78, 5) is 16.8. The van der Waals surface area contributed by atoms with Crippen LogP contribution in [-0.4, -0.2) is 69.3 Å². The second kappa shape index (κ2) is 9.12. The maximum absolute atomic E-state index is 12.4. The Morgan fingerprint density at radius 3 is 2.46 bits per heavy atom. The lowest BCUT2D eigenvalue weighted by molar-refractivity contribution is 0.111. The molecule has 1 aromatic rings. The van der Waals surface area contributed by atoms with E-state index >= 15 is 0 Å². The van der Waals surface area contributed by atoms with E-state index in [9.17, 15) is 4.79 Å². The average molecular weight is 361 g/mol. The van der Waals surface area contributed by atoms with Gasteiger partial charge in [-0.2, -0.15) is 0 Å². The molecule has 0 aromatic heterocycles. The molecule has 1 N–H and O–H groups in total. The molecule has 0 bridgehead atoms. The fraction of sp³-hybridized carbons (Fsp3) is 0.650. The molecule has 2 aliphatic rings. The Bertz CT molecular complexity index is 596. The lowest BCUT2D eigenvalue weighted by Crippen LogP contribution is -2.53. The predicted octanol–water partition coefficient (Wildman–Crippen LogP) is 2.37. The third-order valence-electron chi connectivity index (χ3n) is 5.54. The van der Waals surface area contributed by atoms with Crippen molar-refractivity contribution in [2.75, 3.05) is 53.5 Å². The van der Waals surface area contributed by atoms with Crippen molar-refractivity contribution < 1.29 is 14.3 Å². The van der Waals surface area contributed by atoms with E-state index in [2.05, 4.69) is 10.2 Å². The minimum atomic E-state index is 0.0498. The van der Waals surface area contributed by atoms with E-state index in [0.717, 1.165) is 55.6 Å². The number of hydrogen-bond donors (Lipinski definition) is 1. The number of benzene rings is 1. The van der Waals surface area contributed by atoms with Crippen LogP contribution in [0.15, 0.2) is 18.2 Å². The summed E-state index contributed by atoms with van der Waals surface area (Å²) in [6.45, 7) is 5.49. The molecule has 6 heteroatoms. The minimum absolute atomic E-state index is 0.0498. The van der Waals surface area contributed by atoms with E-state index in [1.165, 1.54) is 25.8 Å². The van der Waals surface area contributed by atoms with Crippen LogP contribution in [0.1, 0.15) is 24.8 Å². The molecule has 2 amide bonds. The molecular weight excluding hydrogens is 330 g/mol. The van der Waals surface area contributed by atoms with Crippen LogP contribution in [0.25, 0.3) is 0 Å². The zero-order valence-corrected chi connectivity index (χ0v) is 16.0. The molecule has 1 aliphatic carbocycles. The second-order valence-corrected chi connectivity index (χ2v) is 7.26. The van der Waals surface area contributed by atoms with Gasteiger partial charge in [-0.05, 0) is 42.9 Å². The standard InChI is InChI=1S/C20H31N3O3/c1-25-18-7-6-16(14-19(18)26-2)8-9-21-20(24)23-12-10-22(11-13-23)15-17-4-3-5-17/h6-7,14,17H,3-5,8-13,15H2,1-2H3,(H,21,24). The highest BCUT2D eigenvalue weighted by Gasteiger charge is 2.25. The van der Waals surface area contributed by atoms with Gasteiger partial charge in [0.05, 0.1) is 14.2 Å². The zero-order chi connectivity index (χ0) is 18.4. The predicted molar refractivity (Wildman–Crippen MR) is 102 cm³/mol. The molecule has 1 aliphatic heterocycles. The molecule has 144 valence electrons. The first-order valence-corrected chi connectivity index (χ1v) is 9.65. The maximum atomic E-state index is 12.4. The molecule has 1 heterocycles. The van der Waals surface area contributed by atoms with Crippen LogP contribution in [0, 0.1) is 5.92 Å². The Morgan fingerprint density at radius 1 is 1.12 bits per heavy atom. The number of ether oxygens (including phenoxy) is 2. The largest absolute Gasteiger partial charge is 0.493 e. The normalized spacial score (nSPS) is 18.3. The summed E-state index contributed by atoms with van der Waals surface area (Å²) in [6.07, 6.45) is 4.94. The Hall–Kier alpha value is -1.95. The molecule has 1 saturated heterocycles. The number of methoxy groups -OCH3 is 2. The van der Waals surface area contributed by atoms with Crippen LogP contribution in [0.2, 0.25) is 0 Å². The average Bonchev–Trinajstić information content (AvgIpc) is 2.65. The molecule has 6 nitrogen and oxygen atoms in total. The number of nitrogens with zero attached hydrogens (tertiary/aromatic N) is 2. The van der Waals surface area contributed by atoms with Crippen molar-refractivity contribution in [3.05, 3.63) is 23.8 Å². The minimum Gasteiger partial charge on any atom is -0.493 e. The SMILES string of the molecule is COc1ccc(CCNC(=O)N2CCN(CC3CCC3)CC2)cc1OC. The Morgan fingerprint density at radius 2 is 1.85 bits per heavy atom. The van der Waals surface area contributed by atoms with Gasteiger partial charge in [0.2, 0.25) is 0 Å².